The minimum absolute atomic E-state index is 0.202. The molecule has 1 atom stereocenters. The second-order valence-electron chi connectivity index (χ2n) is 5.40. The number of hydrogen-bond donors (Lipinski definition) is 1. The molecule has 0 spiro atoms. The van der Waals surface area contributed by atoms with Crippen molar-refractivity contribution in [1.29, 1.82) is 0 Å². The number of fused-ring (bicyclic) bond motifs is 1. The van der Waals surface area contributed by atoms with Crippen molar-refractivity contribution in [2.75, 3.05) is 32.2 Å². The van der Waals surface area contributed by atoms with E-state index in [1.165, 1.54) is 24.1 Å². The number of aromatic nitrogens is 2. The predicted octanol–water partition coefficient (Wildman–Crippen LogP) is 1.57. The van der Waals surface area contributed by atoms with Crippen LogP contribution in [0.5, 0.6) is 0 Å². The van der Waals surface area contributed by atoms with Crippen molar-refractivity contribution in [3.05, 3.63) is 17.6 Å². The second kappa shape index (κ2) is 5.43. The van der Waals surface area contributed by atoms with Crippen molar-refractivity contribution in [2.45, 2.75) is 37.7 Å². The molecule has 1 aromatic heterocycles. The van der Waals surface area contributed by atoms with E-state index in [1.807, 2.05) is 0 Å². The molecule has 104 valence electrons. The number of methoxy groups -OCH3 is 1. The molecule has 2 aliphatic rings. The summed E-state index contributed by atoms with van der Waals surface area (Å²) in [5.74, 6) is 0.980. The van der Waals surface area contributed by atoms with Crippen LogP contribution in [0.3, 0.4) is 0 Å². The van der Waals surface area contributed by atoms with Crippen LogP contribution in [-0.2, 0) is 22.3 Å². The van der Waals surface area contributed by atoms with Gasteiger partial charge in [0.25, 0.3) is 0 Å². The van der Waals surface area contributed by atoms with Crippen LogP contribution in [0.4, 0.5) is 5.82 Å². The normalized spacial score (nSPS) is 26.2. The highest BCUT2D eigenvalue weighted by molar-refractivity contribution is 5.47. The Hall–Kier alpha value is -1.20. The van der Waals surface area contributed by atoms with Crippen LogP contribution < -0.4 is 5.32 Å². The number of aryl methyl sites for hydroxylation is 1. The van der Waals surface area contributed by atoms with Crippen LogP contribution >= 0.6 is 0 Å². The lowest BCUT2D eigenvalue weighted by molar-refractivity contribution is -0.00626. The van der Waals surface area contributed by atoms with Gasteiger partial charge in [-0.1, -0.05) is 0 Å². The predicted molar refractivity (Wildman–Crippen MR) is 72.3 cm³/mol. The van der Waals surface area contributed by atoms with Gasteiger partial charge in [-0.3, -0.25) is 0 Å². The Kier molecular flexibility index (Phi) is 3.66. The standard InChI is InChI=1S/C14H21N3O2/c1-18-14(6-7-19-9-14)8-15-13-11-4-2-3-5-12(11)16-10-17-13/h10H,2-9H2,1H3,(H,15,16,17). The van der Waals surface area contributed by atoms with E-state index in [-0.39, 0.29) is 5.60 Å². The van der Waals surface area contributed by atoms with Gasteiger partial charge in [-0.25, -0.2) is 9.97 Å². The van der Waals surface area contributed by atoms with Crippen molar-refractivity contribution in [2.24, 2.45) is 0 Å². The SMILES string of the molecule is COC1(CNc2ncnc3c2CCCC3)CCOC1. The highest BCUT2D eigenvalue weighted by Gasteiger charge is 2.35. The van der Waals surface area contributed by atoms with Crippen molar-refractivity contribution in [1.82, 2.24) is 9.97 Å². The van der Waals surface area contributed by atoms with Crippen LogP contribution in [0.15, 0.2) is 6.33 Å². The average Bonchev–Trinajstić information content (AvgIpc) is 2.94. The molecule has 1 unspecified atom stereocenters. The maximum Gasteiger partial charge on any atom is 0.132 e. The Morgan fingerprint density at radius 1 is 1.37 bits per heavy atom. The van der Waals surface area contributed by atoms with Crippen LogP contribution in [0.25, 0.3) is 0 Å². The van der Waals surface area contributed by atoms with E-state index < -0.39 is 0 Å². The number of nitrogens with zero attached hydrogens (tertiary/aromatic N) is 2. The summed E-state index contributed by atoms with van der Waals surface area (Å²) >= 11 is 0. The first kappa shape index (κ1) is 12.8. The monoisotopic (exact) mass is 263 g/mol. The van der Waals surface area contributed by atoms with Crippen molar-refractivity contribution >= 4 is 5.82 Å². The molecule has 1 aromatic rings. The summed E-state index contributed by atoms with van der Waals surface area (Å²) in [6.07, 6.45) is 7.22. The summed E-state index contributed by atoms with van der Waals surface area (Å²) < 4.78 is 11.1. The van der Waals surface area contributed by atoms with E-state index in [1.54, 1.807) is 13.4 Å². The lowest BCUT2D eigenvalue weighted by Gasteiger charge is -2.27. The topological polar surface area (TPSA) is 56.3 Å². The Bertz CT molecular complexity index is 444. The van der Waals surface area contributed by atoms with Crippen LogP contribution in [0.1, 0.15) is 30.5 Å². The van der Waals surface area contributed by atoms with Gasteiger partial charge in [-0.2, -0.15) is 0 Å². The van der Waals surface area contributed by atoms with Gasteiger partial charge in [0.15, 0.2) is 0 Å². The molecule has 3 rings (SSSR count). The van der Waals surface area contributed by atoms with Gasteiger partial charge in [-0.05, 0) is 25.7 Å². The summed E-state index contributed by atoms with van der Waals surface area (Å²) in [4.78, 5) is 8.79. The molecule has 0 radical (unpaired) electrons. The molecular weight excluding hydrogens is 242 g/mol. The molecule has 1 saturated heterocycles. The third-order valence-corrected chi connectivity index (χ3v) is 4.20. The fraction of sp³-hybridized carbons (Fsp3) is 0.714. The minimum atomic E-state index is -0.202. The van der Waals surface area contributed by atoms with Gasteiger partial charge in [-0.15, -0.1) is 0 Å². The first-order valence-corrected chi connectivity index (χ1v) is 7.02. The van der Waals surface area contributed by atoms with Gasteiger partial charge < -0.3 is 14.8 Å². The Morgan fingerprint density at radius 3 is 3.05 bits per heavy atom. The summed E-state index contributed by atoms with van der Waals surface area (Å²) in [5, 5.41) is 3.45. The van der Waals surface area contributed by atoms with E-state index in [0.29, 0.717) is 6.61 Å². The Morgan fingerprint density at radius 2 is 2.26 bits per heavy atom. The molecule has 1 fully saturated rings. The van der Waals surface area contributed by atoms with E-state index in [2.05, 4.69) is 15.3 Å². The molecule has 0 saturated carbocycles. The summed E-state index contributed by atoms with van der Waals surface area (Å²) in [6.45, 7) is 2.17. The highest BCUT2D eigenvalue weighted by Crippen LogP contribution is 2.27. The van der Waals surface area contributed by atoms with Gasteiger partial charge in [0.2, 0.25) is 0 Å². The van der Waals surface area contributed by atoms with Crippen molar-refractivity contribution in [3.63, 3.8) is 0 Å². The highest BCUT2D eigenvalue weighted by atomic mass is 16.5. The molecule has 5 nitrogen and oxygen atoms in total. The van der Waals surface area contributed by atoms with Crippen molar-refractivity contribution in [3.8, 4) is 0 Å². The number of ether oxygens (including phenoxy) is 2. The number of hydrogen-bond acceptors (Lipinski definition) is 5. The largest absolute Gasteiger partial charge is 0.378 e. The van der Waals surface area contributed by atoms with Crippen LogP contribution in [0, 0.1) is 0 Å². The molecule has 1 aliphatic carbocycles. The summed E-state index contributed by atoms with van der Waals surface area (Å²) in [6, 6.07) is 0. The Labute approximate surface area is 113 Å². The molecule has 1 N–H and O–H groups in total. The van der Waals surface area contributed by atoms with Gasteiger partial charge >= 0.3 is 0 Å². The molecule has 19 heavy (non-hydrogen) atoms. The molecule has 1 aliphatic heterocycles. The molecule has 2 heterocycles. The average molecular weight is 263 g/mol. The van der Waals surface area contributed by atoms with E-state index >= 15 is 0 Å². The fourth-order valence-corrected chi connectivity index (χ4v) is 2.88. The maximum atomic E-state index is 5.63. The van der Waals surface area contributed by atoms with E-state index in [4.69, 9.17) is 9.47 Å². The molecule has 0 aromatic carbocycles. The number of rotatable bonds is 4. The quantitative estimate of drug-likeness (QED) is 0.893. The third-order valence-electron chi connectivity index (χ3n) is 4.20. The Balaban J connectivity index is 1.73. The van der Waals surface area contributed by atoms with Gasteiger partial charge in [0.1, 0.15) is 17.7 Å². The van der Waals surface area contributed by atoms with E-state index in [0.717, 1.165) is 38.2 Å². The summed E-state index contributed by atoms with van der Waals surface area (Å²) in [7, 11) is 1.76. The number of anilines is 1. The van der Waals surface area contributed by atoms with Crippen LogP contribution in [-0.4, -0.2) is 42.4 Å². The van der Waals surface area contributed by atoms with Gasteiger partial charge in [0.05, 0.1) is 6.61 Å². The van der Waals surface area contributed by atoms with Gasteiger partial charge in [0, 0.05) is 37.9 Å². The second-order valence-corrected chi connectivity index (χ2v) is 5.40. The number of nitrogens with one attached hydrogen (secondary N) is 1. The smallest absolute Gasteiger partial charge is 0.132 e. The maximum absolute atomic E-state index is 5.63. The van der Waals surface area contributed by atoms with Crippen molar-refractivity contribution < 1.29 is 9.47 Å². The lowest BCUT2D eigenvalue weighted by atomic mass is 9.96. The fourth-order valence-electron chi connectivity index (χ4n) is 2.88. The molecular formula is C14H21N3O2. The lowest BCUT2D eigenvalue weighted by Crippen LogP contribution is -2.40. The molecule has 0 amide bonds. The zero-order valence-electron chi connectivity index (χ0n) is 11.4. The zero-order valence-corrected chi connectivity index (χ0v) is 11.4. The zero-order chi connectivity index (χ0) is 13.1. The van der Waals surface area contributed by atoms with E-state index in [9.17, 15) is 0 Å². The van der Waals surface area contributed by atoms with Crippen LogP contribution in [0.2, 0.25) is 0 Å². The first-order valence-electron chi connectivity index (χ1n) is 7.02. The molecule has 0 bridgehead atoms. The minimum Gasteiger partial charge on any atom is -0.378 e. The first-order chi connectivity index (χ1) is 9.33. The molecule has 5 heteroatoms. The third kappa shape index (κ3) is 2.58. The summed E-state index contributed by atoms with van der Waals surface area (Å²) in [5.41, 5.74) is 2.30.